The summed E-state index contributed by atoms with van der Waals surface area (Å²) in [5.74, 6) is -0.791. The van der Waals surface area contributed by atoms with Gasteiger partial charge in [-0.2, -0.15) is 5.01 Å². The lowest BCUT2D eigenvalue weighted by molar-refractivity contribution is -0.123. The first-order valence-electron chi connectivity index (χ1n) is 8.10. The first kappa shape index (κ1) is 17.4. The molecule has 132 valence electrons. The van der Waals surface area contributed by atoms with Crippen LogP contribution in [-0.2, 0) is 4.79 Å². The number of amides is 2. The van der Waals surface area contributed by atoms with E-state index in [4.69, 9.17) is 12.2 Å². The van der Waals surface area contributed by atoms with Crippen LogP contribution in [0.4, 0.5) is 0 Å². The molecule has 1 fully saturated rings. The average Bonchev–Trinajstić information content (AvgIpc) is 2.96. The fourth-order valence-corrected chi connectivity index (χ4v) is 3.92. The van der Waals surface area contributed by atoms with Crippen LogP contribution in [0, 0.1) is 0 Å². The van der Waals surface area contributed by atoms with Gasteiger partial charge in [0.1, 0.15) is 0 Å². The number of carbonyl (C=O) groups is 2. The van der Waals surface area contributed by atoms with Crippen LogP contribution < -0.4 is 5.43 Å². The minimum absolute atomic E-state index is 0.281. The lowest BCUT2D eigenvalue weighted by atomic mass is 10.0. The van der Waals surface area contributed by atoms with E-state index in [2.05, 4.69) is 10.4 Å². The van der Waals surface area contributed by atoms with E-state index >= 15 is 0 Å². The highest BCUT2D eigenvalue weighted by molar-refractivity contribution is 8.26. The summed E-state index contributed by atoms with van der Waals surface area (Å²) in [5.41, 5.74) is 3.82. The second-order valence-corrected chi connectivity index (χ2v) is 7.44. The minimum atomic E-state index is -0.439. The zero-order chi connectivity index (χ0) is 18.8. The Hall–Kier alpha value is -3.03. The molecule has 2 aromatic carbocycles. The van der Waals surface area contributed by atoms with Crippen LogP contribution in [0.1, 0.15) is 15.9 Å². The van der Waals surface area contributed by atoms with Crippen molar-refractivity contribution in [3.63, 3.8) is 0 Å². The van der Waals surface area contributed by atoms with Crippen molar-refractivity contribution in [2.24, 2.45) is 0 Å². The molecule has 1 N–H and O–H groups in total. The molecule has 0 spiro atoms. The zero-order valence-electron chi connectivity index (χ0n) is 14.0. The molecule has 0 bridgehead atoms. The number of aromatic nitrogens is 1. The van der Waals surface area contributed by atoms with Crippen LogP contribution in [0.25, 0.3) is 16.8 Å². The Morgan fingerprint density at radius 1 is 1.11 bits per heavy atom. The maximum atomic E-state index is 12.7. The lowest BCUT2D eigenvalue weighted by Crippen LogP contribution is -2.44. The van der Waals surface area contributed by atoms with Gasteiger partial charge in [0.15, 0.2) is 4.32 Å². The Morgan fingerprint density at radius 2 is 1.93 bits per heavy atom. The number of thioether (sulfide) groups is 1. The van der Waals surface area contributed by atoms with E-state index in [0.29, 0.717) is 10.5 Å². The molecular formula is C20H13N3O2S2. The van der Waals surface area contributed by atoms with Crippen molar-refractivity contribution in [3.05, 3.63) is 83.0 Å². The highest BCUT2D eigenvalue weighted by atomic mass is 32.2. The molecule has 1 aromatic heterocycles. The van der Waals surface area contributed by atoms with Gasteiger partial charge in [-0.15, -0.1) is 0 Å². The van der Waals surface area contributed by atoms with Crippen LogP contribution in [-0.4, -0.2) is 26.1 Å². The van der Waals surface area contributed by atoms with Gasteiger partial charge in [0.05, 0.1) is 10.5 Å². The Kier molecular flexibility index (Phi) is 4.70. The topological polar surface area (TPSA) is 62.3 Å². The summed E-state index contributed by atoms with van der Waals surface area (Å²) in [7, 11) is 0. The van der Waals surface area contributed by atoms with Gasteiger partial charge in [0.25, 0.3) is 11.8 Å². The third-order valence-electron chi connectivity index (χ3n) is 4.04. The van der Waals surface area contributed by atoms with E-state index in [1.54, 1.807) is 24.4 Å². The summed E-state index contributed by atoms with van der Waals surface area (Å²) in [6.45, 7) is 0. The van der Waals surface area contributed by atoms with Crippen molar-refractivity contribution in [1.29, 1.82) is 0 Å². The average molecular weight is 391 g/mol. The molecule has 0 saturated carbocycles. The van der Waals surface area contributed by atoms with E-state index in [1.807, 2.05) is 42.5 Å². The number of benzene rings is 2. The zero-order valence-corrected chi connectivity index (χ0v) is 15.6. The maximum absolute atomic E-state index is 12.7. The Bertz CT molecular complexity index is 1090. The van der Waals surface area contributed by atoms with E-state index in [9.17, 15) is 9.59 Å². The molecular weight excluding hydrogens is 378 g/mol. The third kappa shape index (κ3) is 3.47. The SMILES string of the molecule is O=C(NN1C(=O)/C(=C/c2cccc3ccccc23)SC1=S)c1cccnc1. The maximum Gasteiger partial charge on any atom is 0.285 e. The van der Waals surface area contributed by atoms with Crippen LogP contribution in [0.15, 0.2) is 71.9 Å². The van der Waals surface area contributed by atoms with Crippen molar-refractivity contribution in [2.45, 2.75) is 0 Å². The minimum Gasteiger partial charge on any atom is -0.267 e. The van der Waals surface area contributed by atoms with Gasteiger partial charge in [-0.25, -0.2) is 0 Å². The molecule has 2 amide bonds. The second kappa shape index (κ2) is 7.30. The number of hydrogen-bond acceptors (Lipinski definition) is 5. The predicted octanol–water partition coefficient (Wildman–Crippen LogP) is 3.78. The molecule has 7 heteroatoms. The quantitative estimate of drug-likeness (QED) is 0.544. The molecule has 27 heavy (non-hydrogen) atoms. The summed E-state index contributed by atoms with van der Waals surface area (Å²) in [5, 5.41) is 3.24. The van der Waals surface area contributed by atoms with Crippen LogP contribution in [0.2, 0.25) is 0 Å². The second-order valence-electron chi connectivity index (χ2n) is 5.77. The summed E-state index contributed by atoms with van der Waals surface area (Å²) < 4.78 is 0.281. The van der Waals surface area contributed by atoms with Gasteiger partial charge >= 0.3 is 0 Å². The van der Waals surface area contributed by atoms with Crippen molar-refractivity contribution in [1.82, 2.24) is 15.4 Å². The molecule has 3 aromatic rings. The van der Waals surface area contributed by atoms with Gasteiger partial charge in [-0.05, 0) is 46.8 Å². The number of hydrazine groups is 1. The molecule has 5 nitrogen and oxygen atoms in total. The third-order valence-corrected chi connectivity index (χ3v) is 5.34. The van der Waals surface area contributed by atoms with Gasteiger partial charge in [-0.3, -0.25) is 20.0 Å². The van der Waals surface area contributed by atoms with Crippen molar-refractivity contribution >= 4 is 57.0 Å². The molecule has 0 radical (unpaired) electrons. The van der Waals surface area contributed by atoms with E-state index < -0.39 is 5.91 Å². The van der Waals surface area contributed by atoms with E-state index in [0.717, 1.165) is 33.1 Å². The number of thiocarbonyl (C=S) groups is 1. The summed E-state index contributed by atoms with van der Waals surface area (Å²) in [6, 6.07) is 17.1. The largest absolute Gasteiger partial charge is 0.285 e. The fourth-order valence-electron chi connectivity index (χ4n) is 2.74. The molecule has 0 unspecified atom stereocenters. The lowest BCUT2D eigenvalue weighted by Gasteiger charge is -2.15. The molecule has 0 aliphatic carbocycles. The Balaban J connectivity index is 1.61. The Labute approximate surface area is 165 Å². The monoisotopic (exact) mass is 391 g/mol. The smallest absolute Gasteiger partial charge is 0.267 e. The number of carbonyl (C=O) groups excluding carboxylic acids is 2. The van der Waals surface area contributed by atoms with Crippen molar-refractivity contribution in [3.8, 4) is 0 Å². The summed E-state index contributed by atoms with van der Waals surface area (Å²) >= 11 is 6.43. The van der Waals surface area contributed by atoms with Gasteiger partial charge in [0.2, 0.25) is 0 Å². The highest BCUT2D eigenvalue weighted by Crippen LogP contribution is 2.33. The van der Waals surface area contributed by atoms with Crippen molar-refractivity contribution < 1.29 is 9.59 Å². The Morgan fingerprint density at radius 3 is 2.74 bits per heavy atom. The molecule has 2 heterocycles. The normalized spacial score (nSPS) is 15.6. The highest BCUT2D eigenvalue weighted by Gasteiger charge is 2.33. The van der Waals surface area contributed by atoms with Gasteiger partial charge in [-0.1, -0.05) is 54.2 Å². The van der Waals surface area contributed by atoms with Gasteiger partial charge < -0.3 is 0 Å². The number of fused-ring (bicyclic) bond motifs is 1. The van der Waals surface area contributed by atoms with Crippen LogP contribution in [0.5, 0.6) is 0 Å². The standard InChI is InChI=1S/C20H13N3O2S2/c24-18(15-8-4-10-21-12-15)22-23-19(25)17(27-20(23)26)11-14-7-3-6-13-5-1-2-9-16(13)14/h1-12H,(H,22,24)/b17-11-. The first-order valence-corrected chi connectivity index (χ1v) is 9.33. The number of rotatable bonds is 3. The molecule has 0 atom stereocenters. The number of pyridine rings is 1. The van der Waals surface area contributed by atoms with Crippen LogP contribution in [0.3, 0.4) is 0 Å². The fraction of sp³-hybridized carbons (Fsp3) is 0. The molecule has 1 saturated heterocycles. The predicted molar refractivity (Wildman–Crippen MR) is 111 cm³/mol. The summed E-state index contributed by atoms with van der Waals surface area (Å²) in [6.07, 6.45) is 4.81. The number of hydrogen-bond donors (Lipinski definition) is 1. The van der Waals surface area contributed by atoms with Gasteiger partial charge in [0, 0.05) is 12.4 Å². The molecule has 1 aliphatic rings. The van der Waals surface area contributed by atoms with E-state index in [-0.39, 0.29) is 10.2 Å². The van der Waals surface area contributed by atoms with Crippen LogP contribution >= 0.6 is 24.0 Å². The van der Waals surface area contributed by atoms with E-state index in [1.165, 1.54) is 6.20 Å². The molecule has 1 aliphatic heterocycles. The molecule has 4 rings (SSSR count). The number of nitrogens with zero attached hydrogens (tertiary/aromatic N) is 2. The van der Waals surface area contributed by atoms with Crippen molar-refractivity contribution in [2.75, 3.05) is 0 Å². The first-order chi connectivity index (χ1) is 13.1. The summed E-state index contributed by atoms with van der Waals surface area (Å²) in [4.78, 5) is 29.4. The number of nitrogens with one attached hydrogen (secondary N) is 1.